The van der Waals surface area contributed by atoms with E-state index in [2.05, 4.69) is 18.7 Å². The van der Waals surface area contributed by atoms with Crippen LogP contribution in [0.2, 0.25) is 0 Å². The smallest absolute Gasteiger partial charge is 0.225 e. The van der Waals surface area contributed by atoms with Gasteiger partial charge in [-0.3, -0.25) is 9.69 Å². The highest BCUT2D eigenvalue weighted by Gasteiger charge is 2.26. The molecule has 2 rings (SSSR count). The molecule has 24 heavy (non-hydrogen) atoms. The Hall–Kier alpha value is -0.690. The predicted octanol–water partition coefficient (Wildman–Crippen LogP) is 1.09. The number of nitrogens with two attached hydrogens (primary N) is 1. The molecular formula is C18H35N3O3. The zero-order valence-electron chi connectivity index (χ0n) is 15.6. The maximum Gasteiger partial charge on any atom is 0.225 e. The van der Waals surface area contributed by atoms with Crippen LogP contribution < -0.4 is 5.73 Å². The van der Waals surface area contributed by atoms with E-state index in [0.717, 1.165) is 51.5 Å². The fraction of sp³-hybridized carbons (Fsp3) is 0.944. The van der Waals surface area contributed by atoms with Crippen LogP contribution in [-0.2, 0) is 14.3 Å². The number of amides is 1. The number of hydrogen-bond acceptors (Lipinski definition) is 5. The van der Waals surface area contributed by atoms with E-state index in [1.165, 1.54) is 6.42 Å². The fourth-order valence-corrected chi connectivity index (χ4v) is 3.89. The molecule has 3 unspecified atom stereocenters. The van der Waals surface area contributed by atoms with Crippen LogP contribution in [0.4, 0.5) is 0 Å². The van der Waals surface area contributed by atoms with Crippen molar-refractivity contribution in [1.29, 1.82) is 0 Å². The zero-order valence-corrected chi connectivity index (χ0v) is 15.6. The van der Waals surface area contributed by atoms with Gasteiger partial charge in [-0.15, -0.1) is 0 Å². The van der Waals surface area contributed by atoms with Crippen LogP contribution in [0.3, 0.4) is 0 Å². The molecule has 3 atom stereocenters. The molecule has 0 saturated carbocycles. The van der Waals surface area contributed by atoms with Gasteiger partial charge in [0.2, 0.25) is 5.91 Å². The van der Waals surface area contributed by atoms with Crippen LogP contribution >= 0.6 is 0 Å². The van der Waals surface area contributed by atoms with Crippen molar-refractivity contribution in [1.82, 2.24) is 9.80 Å². The Kier molecular flexibility index (Phi) is 7.94. The zero-order chi connectivity index (χ0) is 17.5. The molecule has 0 aromatic heterocycles. The summed E-state index contributed by atoms with van der Waals surface area (Å²) in [5.74, 6) is 0.914. The van der Waals surface area contributed by atoms with Crippen molar-refractivity contribution in [2.75, 3.05) is 46.4 Å². The topological polar surface area (TPSA) is 68.0 Å². The maximum absolute atomic E-state index is 12.3. The molecule has 0 aromatic carbocycles. The highest BCUT2D eigenvalue weighted by Crippen LogP contribution is 2.22. The third-order valence-corrected chi connectivity index (χ3v) is 5.31. The van der Waals surface area contributed by atoms with Crippen LogP contribution in [0.1, 0.15) is 39.5 Å². The minimum atomic E-state index is -0.152. The van der Waals surface area contributed by atoms with Crippen LogP contribution in [0, 0.1) is 5.92 Å². The first-order valence-electron chi connectivity index (χ1n) is 9.40. The largest absolute Gasteiger partial charge is 0.380 e. The third kappa shape index (κ3) is 5.99. The number of ether oxygens (including phenoxy) is 2. The van der Waals surface area contributed by atoms with Crippen molar-refractivity contribution in [2.24, 2.45) is 11.7 Å². The van der Waals surface area contributed by atoms with Gasteiger partial charge in [0.1, 0.15) is 0 Å². The molecule has 2 saturated heterocycles. The van der Waals surface area contributed by atoms with Gasteiger partial charge in [0.15, 0.2) is 0 Å². The van der Waals surface area contributed by atoms with Gasteiger partial charge >= 0.3 is 0 Å². The van der Waals surface area contributed by atoms with Crippen LogP contribution in [0.15, 0.2) is 0 Å². The minimum absolute atomic E-state index is 0.152. The Bertz CT molecular complexity index is 372. The lowest BCUT2D eigenvalue weighted by Crippen LogP contribution is -2.46. The summed E-state index contributed by atoms with van der Waals surface area (Å²) in [6.07, 6.45) is 4.38. The van der Waals surface area contributed by atoms with Crippen LogP contribution in [-0.4, -0.2) is 80.4 Å². The van der Waals surface area contributed by atoms with Crippen molar-refractivity contribution in [2.45, 2.75) is 57.8 Å². The summed E-state index contributed by atoms with van der Waals surface area (Å²) in [4.78, 5) is 16.8. The van der Waals surface area contributed by atoms with E-state index in [9.17, 15) is 4.79 Å². The van der Waals surface area contributed by atoms with Gasteiger partial charge in [-0.25, -0.2) is 0 Å². The quantitative estimate of drug-likeness (QED) is 0.751. The molecule has 0 radical (unpaired) electrons. The van der Waals surface area contributed by atoms with Crippen molar-refractivity contribution < 1.29 is 14.3 Å². The van der Waals surface area contributed by atoms with E-state index in [1.807, 2.05) is 4.90 Å². The molecule has 2 fully saturated rings. The maximum atomic E-state index is 12.3. The summed E-state index contributed by atoms with van der Waals surface area (Å²) < 4.78 is 11.0. The predicted molar refractivity (Wildman–Crippen MR) is 94.8 cm³/mol. The highest BCUT2D eigenvalue weighted by atomic mass is 16.5. The molecule has 2 N–H and O–H groups in total. The van der Waals surface area contributed by atoms with Gasteiger partial charge < -0.3 is 20.1 Å². The lowest BCUT2D eigenvalue weighted by atomic mass is 9.93. The molecule has 6 heteroatoms. The normalized spacial score (nSPS) is 28.1. The second kappa shape index (κ2) is 9.70. The third-order valence-electron chi connectivity index (χ3n) is 5.31. The lowest BCUT2D eigenvalue weighted by molar-refractivity contribution is -0.135. The molecule has 2 aliphatic rings. The number of nitrogens with zero attached hydrogens (tertiary/aromatic N) is 2. The summed E-state index contributed by atoms with van der Waals surface area (Å²) in [6, 6.07) is 0. The molecule has 6 nitrogen and oxygen atoms in total. The van der Waals surface area contributed by atoms with Gasteiger partial charge in [-0.2, -0.15) is 0 Å². The number of carbonyl (C=O) groups excluding carboxylic acids is 1. The molecule has 0 spiro atoms. The first-order valence-corrected chi connectivity index (χ1v) is 9.40. The lowest BCUT2D eigenvalue weighted by Gasteiger charge is -2.37. The average Bonchev–Trinajstić information content (AvgIpc) is 2.57. The summed E-state index contributed by atoms with van der Waals surface area (Å²) in [6.45, 7) is 9.69. The molecule has 140 valence electrons. The molecule has 0 aromatic rings. The van der Waals surface area contributed by atoms with Crippen LogP contribution in [0.5, 0.6) is 0 Å². The molecule has 2 aliphatic heterocycles. The second-order valence-electron chi connectivity index (χ2n) is 7.43. The van der Waals surface area contributed by atoms with E-state index in [4.69, 9.17) is 15.2 Å². The monoisotopic (exact) mass is 341 g/mol. The second-order valence-corrected chi connectivity index (χ2v) is 7.43. The van der Waals surface area contributed by atoms with E-state index < -0.39 is 0 Å². The number of morpholine rings is 1. The molecular weight excluding hydrogens is 306 g/mol. The number of hydrogen-bond donors (Lipinski definition) is 1. The summed E-state index contributed by atoms with van der Waals surface area (Å²) in [5, 5.41) is 0. The van der Waals surface area contributed by atoms with Gasteiger partial charge in [0.05, 0.1) is 24.7 Å². The highest BCUT2D eigenvalue weighted by molar-refractivity contribution is 5.76. The molecule has 0 bridgehead atoms. The van der Waals surface area contributed by atoms with Gasteiger partial charge in [-0.1, -0.05) is 0 Å². The Labute approximate surface area is 146 Å². The van der Waals surface area contributed by atoms with E-state index >= 15 is 0 Å². The number of carbonyl (C=O) groups is 1. The Morgan fingerprint density at radius 2 is 1.88 bits per heavy atom. The Balaban J connectivity index is 1.66. The van der Waals surface area contributed by atoms with E-state index in [0.29, 0.717) is 25.2 Å². The molecule has 1 amide bonds. The Morgan fingerprint density at radius 1 is 1.25 bits per heavy atom. The number of piperidine rings is 1. The van der Waals surface area contributed by atoms with Crippen molar-refractivity contribution in [3.05, 3.63) is 0 Å². The minimum Gasteiger partial charge on any atom is -0.380 e. The number of likely N-dealkylation sites (tertiary alicyclic amines) is 1. The fourth-order valence-electron chi connectivity index (χ4n) is 3.89. The number of rotatable bonds is 7. The first-order chi connectivity index (χ1) is 11.5. The van der Waals surface area contributed by atoms with Gasteiger partial charge in [0, 0.05) is 39.8 Å². The van der Waals surface area contributed by atoms with Gasteiger partial charge in [0.25, 0.3) is 0 Å². The van der Waals surface area contributed by atoms with Crippen molar-refractivity contribution >= 4 is 5.91 Å². The van der Waals surface area contributed by atoms with Crippen LogP contribution in [0.25, 0.3) is 0 Å². The average molecular weight is 341 g/mol. The van der Waals surface area contributed by atoms with E-state index in [1.54, 1.807) is 7.11 Å². The van der Waals surface area contributed by atoms with Gasteiger partial charge in [-0.05, 0) is 45.6 Å². The van der Waals surface area contributed by atoms with E-state index in [-0.39, 0.29) is 12.0 Å². The number of methoxy groups -OCH3 is 1. The molecule has 2 heterocycles. The standard InChI is InChI=1S/C18H35N3O3/c1-14-12-20(13-15(2)24-14)7-4-16-5-8-21(9-6-16)18(22)10-17(11-19)23-3/h14-17H,4-13,19H2,1-3H3. The molecule has 0 aliphatic carbocycles. The SMILES string of the molecule is COC(CN)CC(=O)N1CCC(CCN2CC(C)OC(C)C2)CC1. The van der Waals surface area contributed by atoms with Crippen molar-refractivity contribution in [3.63, 3.8) is 0 Å². The summed E-state index contributed by atoms with van der Waals surface area (Å²) in [7, 11) is 1.62. The Morgan fingerprint density at radius 3 is 2.42 bits per heavy atom. The first kappa shape index (κ1) is 19.6. The van der Waals surface area contributed by atoms with Crippen molar-refractivity contribution in [3.8, 4) is 0 Å². The summed E-state index contributed by atoms with van der Waals surface area (Å²) in [5.41, 5.74) is 5.60. The summed E-state index contributed by atoms with van der Waals surface area (Å²) >= 11 is 0.